The maximum Gasteiger partial charge on any atom is 0.312 e. The van der Waals surface area contributed by atoms with Crippen molar-refractivity contribution in [2.75, 3.05) is 6.61 Å². The molecule has 0 N–H and O–H groups in total. The van der Waals surface area contributed by atoms with Crippen molar-refractivity contribution in [3.05, 3.63) is 12.2 Å². The summed E-state index contributed by atoms with van der Waals surface area (Å²) in [5.41, 5.74) is 0.896. The average Bonchev–Trinajstić information content (AvgIpc) is 1.85. The predicted octanol–water partition coefficient (Wildman–Crippen LogP) is 1.91. The summed E-state index contributed by atoms with van der Waals surface area (Å²) >= 11 is 0. The summed E-state index contributed by atoms with van der Waals surface area (Å²) in [5, 5.41) is 0. The molecule has 1 rings (SSSR count). The van der Waals surface area contributed by atoms with Crippen molar-refractivity contribution in [1.82, 2.24) is 0 Å². The topological polar surface area (TPSA) is 26.3 Å². The minimum Gasteiger partial charge on any atom is -0.466 e. The second-order valence-electron chi connectivity index (χ2n) is 3.38. The van der Waals surface area contributed by atoms with Gasteiger partial charge in [-0.1, -0.05) is 12.2 Å². The second kappa shape index (κ2) is 2.68. The highest BCUT2D eigenvalue weighted by molar-refractivity contribution is 5.79. The SMILES string of the molecule is C=C1CC(C)(C(=O)OCC)C1. The molecule has 0 spiro atoms. The Kier molecular flexibility index (Phi) is 2.03. The zero-order valence-electron chi connectivity index (χ0n) is 7.14. The van der Waals surface area contributed by atoms with E-state index in [9.17, 15) is 4.79 Å². The van der Waals surface area contributed by atoms with Gasteiger partial charge in [-0.15, -0.1) is 0 Å². The summed E-state index contributed by atoms with van der Waals surface area (Å²) < 4.78 is 4.92. The first-order valence-corrected chi connectivity index (χ1v) is 3.92. The summed E-state index contributed by atoms with van der Waals surface area (Å²) in [7, 11) is 0. The van der Waals surface area contributed by atoms with Crippen molar-refractivity contribution >= 4 is 5.97 Å². The largest absolute Gasteiger partial charge is 0.466 e. The maximum atomic E-state index is 11.2. The van der Waals surface area contributed by atoms with E-state index < -0.39 is 0 Å². The van der Waals surface area contributed by atoms with Crippen LogP contribution in [0.1, 0.15) is 26.7 Å². The summed E-state index contributed by atoms with van der Waals surface area (Å²) in [4.78, 5) is 11.2. The van der Waals surface area contributed by atoms with Crippen LogP contribution in [-0.2, 0) is 9.53 Å². The van der Waals surface area contributed by atoms with Crippen LogP contribution in [0.4, 0.5) is 0 Å². The molecule has 0 saturated heterocycles. The third-order valence-corrected chi connectivity index (χ3v) is 2.05. The third kappa shape index (κ3) is 1.44. The van der Waals surface area contributed by atoms with E-state index in [1.165, 1.54) is 0 Å². The number of ether oxygens (including phenoxy) is 1. The molecule has 0 radical (unpaired) electrons. The van der Waals surface area contributed by atoms with E-state index in [1.807, 2.05) is 13.8 Å². The van der Waals surface area contributed by atoms with Crippen molar-refractivity contribution in [3.8, 4) is 0 Å². The number of esters is 1. The van der Waals surface area contributed by atoms with Gasteiger partial charge in [-0.25, -0.2) is 0 Å². The molecule has 0 aromatic heterocycles. The zero-order valence-corrected chi connectivity index (χ0v) is 7.14. The highest BCUT2D eigenvalue weighted by atomic mass is 16.5. The Morgan fingerprint density at radius 3 is 2.64 bits per heavy atom. The number of allylic oxidation sites excluding steroid dienone is 1. The van der Waals surface area contributed by atoms with E-state index in [1.54, 1.807) is 0 Å². The van der Waals surface area contributed by atoms with E-state index in [4.69, 9.17) is 4.74 Å². The standard InChI is InChI=1S/C9H14O2/c1-4-11-8(10)9(3)5-7(2)6-9/h2,4-6H2,1,3H3. The van der Waals surface area contributed by atoms with E-state index in [2.05, 4.69) is 6.58 Å². The molecule has 0 unspecified atom stereocenters. The Hall–Kier alpha value is -0.790. The van der Waals surface area contributed by atoms with Crippen LogP contribution in [0.5, 0.6) is 0 Å². The lowest BCUT2D eigenvalue weighted by Crippen LogP contribution is -2.37. The Morgan fingerprint density at radius 2 is 2.27 bits per heavy atom. The van der Waals surface area contributed by atoms with E-state index in [-0.39, 0.29) is 11.4 Å². The van der Waals surface area contributed by atoms with Crippen molar-refractivity contribution in [1.29, 1.82) is 0 Å². The van der Waals surface area contributed by atoms with Crippen LogP contribution >= 0.6 is 0 Å². The van der Waals surface area contributed by atoms with E-state index in [0.29, 0.717) is 6.61 Å². The average molecular weight is 154 g/mol. The van der Waals surface area contributed by atoms with Crippen molar-refractivity contribution in [3.63, 3.8) is 0 Å². The Bertz CT molecular complexity index is 186. The van der Waals surface area contributed by atoms with E-state index in [0.717, 1.165) is 18.4 Å². The molecule has 11 heavy (non-hydrogen) atoms. The quantitative estimate of drug-likeness (QED) is 0.448. The van der Waals surface area contributed by atoms with Crippen LogP contribution in [0, 0.1) is 5.41 Å². The molecule has 1 aliphatic carbocycles. The van der Waals surface area contributed by atoms with Crippen LogP contribution in [0.3, 0.4) is 0 Å². The van der Waals surface area contributed by atoms with Gasteiger partial charge in [0.2, 0.25) is 0 Å². The Balaban J connectivity index is 2.47. The smallest absolute Gasteiger partial charge is 0.312 e. The fourth-order valence-electron chi connectivity index (χ4n) is 1.50. The molecule has 1 aliphatic rings. The van der Waals surface area contributed by atoms with Crippen LogP contribution < -0.4 is 0 Å². The van der Waals surface area contributed by atoms with Crippen LogP contribution in [0.25, 0.3) is 0 Å². The second-order valence-corrected chi connectivity index (χ2v) is 3.38. The number of carbonyl (C=O) groups is 1. The zero-order chi connectivity index (χ0) is 8.48. The highest BCUT2D eigenvalue weighted by Gasteiger charge is 2.43. The molecule has 1 fully saturated rings. The summed E-state index contributed by atoms with van der Waals surface area (Å²) in [5.74, 6) is -0.0765. The maximum absolute atomic E-state index is 11.2. The number of hydrogen-bond acceptors (Lipinski definition) is 2. The van der Waals surface area contributed by atoms with E-state index >= 15 is 0 Å². The lowest BCUT2D eigenvalue weighted by Gasteiger charge is -2.37. The first-order valence-electron chi connectivity index (χ1n) is 3.92. The number of hydrogen-bond donors (Lipinski definition) is 0. The van der Waals surface area contributed by atoms with Gasteiger partial charge < -0.3 is 4.74 Å². The van der Waals surface area contributed by atoms with Gasteiger partial charge in [-0.05, 0) is 26.7 Å². The Morgan fingerprint density at radius 1 is 1.73 bits per heavy atom. The third-order valence-electron chi connectivity index (χ3n) is 2.05. The normalized spacial score (nSPS) is 20.7. The predicted molar refractivity (Wildman–Crippen MR) is 43.1 cm³/mol. The van der Waals surface area contributed by atoms with Crippen LogP contribution in [-0.4, -0.2) is 12.6 Å². The molecule has 0 amide bonds. The van der Waals surface area contributed by atoms with Gasteiger partial charge >= 0.3 is 5.97 Å². The monoisotopic (exact) mass is 154 g/mol. The molecule has 0 atom stereocenters. The molecule has 62 valence electrons. The lowest BCUT2D eigenvalue weighted by atomic mass is 9.67. The van der Waals surface area contributed by atoms with Gasteiger partial charge in [-0.3, -0.25) is 4.79 Å². The van der Waals surface area contributed by atoms with Crippen LogP contribution in [0.2, 0.25) is 0 Å². The van der Waals surface area contributed by atoms with Crippen LogP contribution in [0.15, 0.2) is 12.2 Å². The molecule has 0 heterocycles. The molecular weight excluding hydrogens is 140 g/mol. The molecule has 1 saturated carbocycles. The molecule has 0 aliphatic heterocycles. The summed E-state index contributed by atoms with van der Waals surface area (Å²) in [6.45, 7) is 8.02. The summed E-state index contributed by atoms with van der Waals surface area (Å²) in [6, 6.07) is 0. The molecule has 2 heteroatoms. The highest BCUT2D eigenvalue weighted by Crippen LogP contribution is 2.44. The number of rotatable bonds is 2. The molecule has 0 aromatic rings. The van der Waals surface area contributed by atoms with Gasteiger partial charge in [0.25, 0.3) is 0 Å². The molecule has 0 bridgehead atoms. The van der Waals surface area contributed by atoms with Crippen molar-refractivity contribution in [2.45, 2.75) is 26.7 Å². The minimum absolute atomic E-state index is 0.0765. The minimum atomic E-state index is -0.257. The first kappa shape index (κ1) is 8.31. The lowest BCUT2D eigenvalue weighted by molar-refractivity contribution is -0.156. The fourth-order valence-corrected chi connectivity index (χ4v) is 1.50. The van der Waals surface area contributed by atoms with Gasteiger partial charge in [0.15, 0.2) is 0 Å². The Labute approximate surface area is 67.2 Å². The number of carbonyl (C=O) groups excluding carboxylic acids is 1. The van der Waals surface area contributed by atoms with Crippen molar-refractivity contribution in [2.24, 2.45) is 5.41 Å². The molecule has 0 aromatic carbocycles. The van der Waals surface area contributed by atoms with Crippen molar-refractivity contribution < 1.29 is 9.53 Å². The van der Waals surface area contributed by atoms with Gasteiger partial charge in [0.1, 0.15) is 0 Å². The fraction of sp³-hybridized carbons (Fsp3) is 0.667. The first-order chi connectivity index (χ1) is 5.08. The van der Waals surface area contributed by atoms with Gasteiger partial charge in [0.05, 0.1) is 12.0 Å². The molecule has 2 nitrogen and oxygen atoms in total. The summed E-state index contributed by atoms with van der Waals surface area (Å²) in [6.07, 6.45) is 1.59. The molecular formula is C9H14O2. The van der Waals surface area contributed by atoms with Gasteiger partial charge in [0, 0.05) is 0 Å². The van der Waals surface area contributed by atoms with Gasteiger partial charge in [-0.2, -0.15) is 0 Å².